The van der Waals surface area contributed by atoms with Crippen LogP contribution < -0.4 is 4.46 Å². The normalized spacial score (nSPS) is 11.9. The summed E-state index contributed by atoms with van der Waals surface area (Å²) in [6, 6.07) is 10.6. The maximum absolute atomic E-state index is 5.24. The van der Waals surface area contributed by atoms with Gasteiger partial charge in [-0.1, -0.05) is 0 Å². The molecule has 0 aliphatic heterocycles. The zero-order chi connectivity index (χ0) is 11.1. The Morgan fingerprint density at radius 2 is 1.93 bits per heavy atom. The van der Waals surface area contributed by atoms with Gasteiger partial charge in [-0.15, -0.1) is 0 Å². The third kappa shape index (κ3) is 5.06. The predicted octanol–water partition coefficient (Wildman–Crippen LogP) is 2.76. The zero-order valence-corrected chi connectivity index (χ0v) is 11.3. The number of allylic oxidation sites excluding steroid dienone is 1. The topological polar surface area (TPSA) is 9.23 Å². The minimum atomic E-state index is 0.212. The van der Waals surface area contributed by atoms with Gasteiger partial charge in [0.05, 0.1) is 0 Å². The first-order valence-corrected chi connectivity index (χ1v) is 6.89. The van der Waals surface area contributed by atoms with E-state index in [1.165, 1.54) is 4.46 Å². The van der Waals surface area contributed by atoms with Crippen molar-refractivity contribution in [3.63, 3.8) is 0 Å². The van der Waals surface area contributed by atoms with Crippen LogP contribution >= 0.6 is 0 Å². The molecule has 0 fully saturated rings. The molecule has 82 valence electrons. The average molecular weight is 269 g/mol. The van der Waals surface area contributed by atoms with E-state index < -0.39 is 0 Å². The molecule has 0 unspecified atom stereocenters. The Morgan fingerprint density at radius 1 is 1.27 bits per heavy atom. The van der Waals surface area contributed by atoms with E-state index in [0.717, 1.165) is 6.61 Å². The van der Waals surface area contributed by atoms with Crippen LogP contribution in [0.4, 0.5) is 0 Å². The molecule has 2 heteroatoms. The van der Waals surface area contributed by atoms with Crippen molar-refractivity contribution in [2.45, 2.75) is 25.1 Å². The number of hydrogen-bond donors (Lipinski definition) is 0. The molecule has 0 atom stereocenters. The fourth-order valence-electron chi connectivity index (χ4n) is 1.13. The summed E-state index contributed by atoms with van der Waals surface area (Å²) >= 11 is 0.446. The third-order valence-electron chi connectivity index (χ3n) is 1.86. The summed E-state index contributed by atoms with van der Waals surface area (Å²) in [7, 11) is 0. The second-order valence-electron chi connectivity index (χ2n) is 3.78. The molecular weight excluding hydrogens is 251 g/mol. The number of ether oxygens (including phenoxy) is 1. The van der Waals surface area contributed by atoms with E-state index in [0.29, 0.717) is 15.0 Å². The second-order valence-corrected chi connectivity index (χ2v) is 7.40. The van der Waals surface area contributed by atoms with Gasteiger partial charge in [-0.3, -0.25) is 0 Å². The van der Waals surface area contributed by atoms with Crippen molar-refractivity contribution in [3.05, 3.63) is 42.7 Å². The Morgan fingerprint density at radius 3 is 2.53 bits per heavy atom. The van der Waals surface area contributed by atoms with Crippen LogP contribution in [0.25, 0.3) is 0 Å². The number of benzene rings is 1. The van der Waals surface area contributed by atoms with Crippen LogP contribution in [0.2, 0.25) is 4.31 Å². The molecule has 1 aromatic carbocycles. The van der Waals surface area contributed by atoms with Crippen molar-refractivity contribution in [3.8, 4) is 0 Å². The standard InChI is InChI=1S/C13H18OSe/c1-4-14-11-10-13(2,3)15-12-8-6-5-7-9-12/h5-11H,4H2,1-3H3/b11-10+. The van der Waals surface area contributed by atoms with E-state index in [9.17, 15) is 0 Å². The molecule has 0 N–H and O–H groups in total. The van der Waals surface area contributed by atoms with Crippen LogP contribution in [0.15, 0.2) is 42.7 Å². The third-order valence-corrected chi connectivity index (χ3v) is 4.31. The van der Waals surface area contributed by atoms with Crippen molar-refractivity contribution < 1.29 is 4.74 Å². The van der Waals surface area contributed by atoms with Gasteiger partial charge in [0.15, 0.2) is 0 Å². The van der Waals surface area contributed by atoms with Crippen molar-refractivity contribution in [1.82, 2.24) is 0 Å². The van der Waals surface area contributed by atoms with E-state index in [1.807, 2.05) is 13.2 Å². The van der Waals surface area contributed by atoms with Crippen LogP contribution in [0, 0.1) is 0 Å². The monoisotopic (exact) mass is 270 g/mol. The Bertz CT molecular complexity index is 304. The van der Waals surface area contributed by atoms with Crippen LogP contribution in [-0.2, 0) is 4.74 Å². The van der Waals surface area contributed by atoms with Crippen molar-refractivity contribution >= 4 is 19.4 Å². The molecule has 0 radical (unpaired) electrons. The van der Waals surface area contributed by atoms with Crippen molar-refractivity contribution in [1.29, 1.82) is 0 Å². The minimum absolute atomic E-state index is 0.212. The summed E-state index contributed by atoms with van der Waals surface area (Å²) in [5.74, 6) is 0. The average Bonchev–Trinajstić information content (AvgIpc) is 2.18. The molecule has 0 aromatic heterocycles. The van der Waals surface area contributed by atoms with Gasteiger partial charge < -0.3 is 0 Å². The molecule has 0 saturated carbocycles. The molecule has 0 heterocycles. The van der Waals surface area contributed by atoms with Gasteiger partial charge in [-0.05, 0) is 0 Å². The molecule has 0 aliphatic rings. The Labute approximate surface area is 98.7 Å². The fourth-order valence-corrected chi connectivity index (χ4v) is 3.28. The zero-order valence-electron chi connectivity index (χ0n) is 9.57. The van der Waals surface area contributed by atoms with Crippen LogP contribution in [0.3, 0.4) is 0 Å². The Balaban J connectivity index is 2.56. The first-order valence-electron chi connectivity index (χ1n) is 5.17. The molecule has 1 nitrogen and oxygen atoms in total. The maximum atomic E-state index is 5.24. The van der Waals surface area contributed by atoms with Crippen molar-refractivity contribution in [2.24, 2.45) is 0 Å². The van der Waals surface area contributed by atoms with Crippen LogP contribution in [0.5, 0.6) is 0 Å². The first kappa shape index (κ1) is 12.3. The summed E-state index contributed by atoms with van der Waals surface area (Å²) in [4.78, 5) is 0. The second kappa shape index (κ2) is 5.99. The van der Waals surface area contributed by atoms with Gasteiger partial charge in [0, 0.05) is 0 Å². The molecule has 0 spiro atoms. The van der Waals surface area contributed by atoms with Crippen molar-refractivity contribution in [2.75, 3.05) is 6.61 Å². The Hall–Kier alpha value is -0.721. The molecule has 0 aliphatic carbocycles. The predicted molar refractivity (Wildman–Crippen MR) is 66.6 cm³/mol. The molecule has 15 heavy (non-hydrogen) atoms. The first-order chi connectivity index (χ1) is 7.14. The van der Waals surface area contributed by atoms with E-state index >= 15 is 0 Å². The SMILES string of the molecule is CCO/C=C/C(C)(C)[Se]c1ccccc1. The molecule has 0 bridgehead atoms. The number of rotatable bonds is 5. The number of hydrogen-bond acceptors (Lipinski definition) is 1. The van der Waals surface area contributed by atoms with Crippen LogP contribution in [-0.4, -0.2) is 21.6 Å². The van der Waals surface area contributed by atoms with E-state index in [2.05, 4.69) is 50.3 Å². The molecule has 0 amide bonds. The molecule has 1 aromatic rings. The summed E-state index contributed by atoms with van der Waals surface area (Å²) in [6.07, 6.45) is 3.98. The molecule has 1 rings (SSSR count). The quantitative estimate of drug-likeness (QED) is 0.590. The summed E-state index contributed by atoms with van der Waals surface area (Å²) in [5.41, 5.74) is 0. The Kier molecular flexibility index (Phi) is 4.93. The van der Waals surface area contributed by atoms with E-state index in [-0.39, 0.29) is 4.31 Å². The van der Waals surface area contributed by atoms with Gasteiger partial charge in [0.2, 0.25) is 0 Å². The van der Waals surface area contributed by atoms with Gasteiger partial charge in [-0.2, -0.15) is 0 Å². The fraction of sp³-hybridized carbons (Fsp3) is 0.385. The van der Waals surface area contributed by atoms with E-state index in [4.69, 9.17) is 4.74 Å². The van der Waals surface area contributed by atoms with Gasteiger partial charge in [0.25, 0.3) is 0 Å². The molecular formula is C13H18OSe. The van der Waals surface area contributed by atoms with Crippen LogP contribution in [0.1, 0.15) is 20.8 Å². The summed E-state index contributed by atoms with van der Waals surface area (Å²) in [6.45, 7) is 7.23. The van der Waals surface area contributed by atoms with Gasteiger partial charge in [-0.25, -0.2) is 0 Å². The summed E-state index contributed by atoms with van der Waals surface area (Å²) < 4.78 is 6.88. The summed E-state index contributed by atoms with van der Waals surface area (Å²) in [5, 5.41) is 0. The molecule has 0 saturated heterocycles. The van der Waals surface area contributed by atoms with Gasteiger partial charge >= 0.3 is 98.5 Å². The van der Waals surface area contributed by atoms with E-state index in [1.54, 1.807) is 0 Å². The van der Waals surface area contributed by atoms with Gasteiger partial charge in [0.1, 0.15) is 0 Å².